The van der Waals surface area contributed by atoms with Gasteiger partial charge in [-0.1, -0.05) is 26.2 Å². The molecule has 1 N–H and O–H groups in total. The highest BCUT2D eigenvalue weighted by atomic mass is 16.2. The predicted octanol–water partition coefficient (Wildman–Crippen LogP) is 2.38. The van der Waals surface area contributed by atoms with E-state index in [1.54, 1.807) is 6.33 Å². The lowest BCUT2D eigenvalue weighted by atomic mass is 9.95. The zero-order valence-corrected chi connectivity index (χ0v) is 15.3. The number of unbranched alkanes of at least 4 members (excludes halogenated alkanes) is 3. The molecular formula is C19H30N4O2. The maximum absolute atomic E-state index is 12.6. The monoisotopic (exact) mass is 346 g/mol. The van der Waals surface area contributed by atoms with Crippen molar-refractivity contribution in [1.29, 1.82) is 0 Å². The molecule has 0 aromatic carbocycles. The fraction of sp³-hybridized carbons (Fsp3) is 0.737. The van der Waals surface area contributed by atoms with Gasteiger partial charge in [0.1, 0.15) is 5.69 Å². The van der Waals surface area contributed by atoms with Crippen LogP contribution in [0.15, 0.2) is 6.33 Å². The van der Waals surface area contributed by atoms with Crippen LogP contribution < -0.4 is 5.32 Å². The van der Waals surface area contributed by atoms with Gasteiger partial charge in [0.25, 0.3) is 5.91 Å². The largest absolute Gasteiger partial charge is 0.351 e. The van der Waals surface area contributed by atoms with Gasteiger partial charge in [-0.05, 0) is 32.1 Å². The van der Waals surface area contributed by atoms with Gasteiger partial charge in [-0.15, -0.1) is 0 Å². The standard InChI is InChI=1S/C19H30N4O2/c1-2-3-4-5-10-20-18(24)17-16-9-8-15(13-23(16)14-21-17)19(25)22-11-6-7-12-22/h14-15H,2-13H2,1H3,(H,20,24). The molecule has 25 heavy (non-hydrogen) atoms. The van der Waals surface area contributed by atoms with E-state index < -0.39 is 0 Å². The van der Waals surface area contributed by atoms with Crippen LogP contribution in [0.3, 0.4) is 0 Å². The number of aromatic nitrogens is 2. The average molecular weight is 346 g/mol. The fourth-order valence-corrected chi connectivity index (χ4v) is 3.89. The molecule has 2 amide bonds. The van der Waals surface area contributed by atoms with Crippen LogP contribution in [0.2, 0.25) is 0 Å². The molecule has 2 aliphatic rings. The van der Waals surface area contributed by atoms with Crippen LogP contribution in [0.25, 0.3) is 0 Å². The third kappa shape index (κ3) is 4.22. The zero-order valence-electron chi connectivity index (χ0n) is 15.3. The minimum atomic E-state index is -0.0745. The molecule has 1 atom stereocenters. The van der Waals surface area contributed by atoms with Gasteiger partial charge >= 0.3 is 0 Å². The molecule has 0 radical (unpaired) electrons. The van der Waals surface area contributed by atoms with Crippen molar-refractivity contribution < 1.29 is 9.59 Å². The van der Waals surface area contributed by atoms with Crippen molar-refractivity contribution >= 4 is 11.8 Å². The second-order valence-corrected chi connectivity index (χ2v) is 7.28. The number of rotatable bonds is 7. The summed E-state index contributed by atoms with van der Waals surface area (Å²) < 4.78 is 2.01. The molecular weight excluding hydrogens is 316 g/mol. The van der Waals surface area contributed by atoms with Crippen molar-refractivity contribution in [1.82, 2.24) is 19.8 Å². The number of likely N-dealkylation sites (tertiary alicyclic amines) is 1. The predicted molar refractivity (Wildman–Crippen MR) is 96.3 cm³/mol. The highest BCUT2D eigenvalue weighted by Crippen LogP contribution is 2.25. The van der Waals surface area contributed by atoms with Gasteiger partial charge < -0.3 is 14.8 Å². The molecule has 0 aliphatic carbocycles. The normalized spacial score (nSPS) is 19.7. The summed E-state index contributed by atoms with van der Waals surface area (Å²) in [5.41, 5.74) is 1.53. The highest BCUT2D eigenvalue weighted by Gasteiger charge is 2.31. The fourth-order valence-electron chi connectivity index (χ4n) is 3.89. The third-order valence-corrected chi connectivity index (χ3v) is 5.39. The molecule has 1 saturated heterocycles. The second kappa shape index (κ2) is 8.50. The summed E-state index contributed by atoms with van der Waals surface area (Å²) in [6.07, 6.45) is 10.1. The Morgan fingerprint density at radius 1 is 1.24 bits per heavy atom. The smallest absolute Gasteiger partial charge is 0.271 e. The molecule has 6 nitrogen and oxygen atoms in total. The van der Waals surface area contributed by atoms with Crippen LogP contribution in [0, 0.1) is 5.92 Å². The summed E-state index contributed by atoms with van der Waals surface area (Å²) in [6, 6.07) is 0. The lowest BCUT2D eigenvalue weighted by Gasteiger charge is -2.27. The van der Waals surface area contributed by atoms with Crippen molar-refractivity contribution in [2.75, 3.05) is 19.6 Å². The first-order valence-electron chi connectivity index (χ1n) is 9.81. The molecule has 3 rings (SSSR count). The van der Waals surface area contributed by atoms with E-state index in [-0.39, 0.29) is 17.7 Å². The van der Waals surface area contributed by atoms with Gasteiger partial charge in [0.2, 0.25) is 5.91 Å². The number of nitrogens with one attached hydrogen (secondary N) is 1. The van der Waals surface area contributed by atoms with Crippen LogP contribution in [-0.4, -0.2) is 45.9 Å². The van der Waals surface area contributed by atoms with E-state index in [0.29, 0.717) is 18.8 Å². The van der Waals surface area contributed by atoms with Crippen molar-refractivity contribution in [3.63, 3.8) is 0 Å². The Hall–Kier alpha value is -1.85. The summed E-state index contributed by atoms with van der Waals surface area (Å²) in [5, 5.41) is 2.98. The quantitative estimate of drug-likeness (QED) is 0.771. The van der Waals surface area contributed by atoms with Crippen LogP contribution in [0.5, 0.6) is 0 Å². The van der Waals surface area contributed by atoms with Crippen LogP contribution in [-0.2, 0) is 17.8 Å². The third-order valence-electron chi connectivity index (χ3n) is 5.39. The van der Waals surface area contributed by atoms with E-state index >= 15 is 0 Å². The lowest BCUT2D eigenvalue weighted by molar-refractivity contribution is -0.135. The lowest BCUT2D eigenvalue weighted by Crippen LogP contribution is -2.38. The number of hydrogen-bond donors (Lipinski definition) is 1. The SMILES string of the molecule is CCCCCCNC(=O)c1ncn2c1CCC(C(=O)N1CCCC1)C2. The molecule has 138 valence electrons. The van der Waals surface area contributed by atoms with Crippen molar-refractivity contribution in [2.45, 2.75) is 64.8 Å². The Bertz CT molecular complexity index is 605. The Morgan fingerprint density at radius 2 is 2.04 bits per heavy atom. The first-order valence-corrected chi connectivity index (χ1v) is 9.81. The van der Waals surface area contributed by atoms with Gasteiger partial charge in [0.05, 0.1) is 17.9 Å². The molecule has 1 aromatic heterocycles. The number of imidazole rings is 1. The Labute approximate surface area is 150 Å². The molecule has 6 heteroatoms. The molecule has 1 aromatic rings. The maximum atomic E-state index is 12.6. The number of carbonyl (C=O) groups excluding carboxylic acids is 2. The Morgan fingerprint density at radius 3 is 2.80 bits per heavy atom. The number of amides is 2. The summed E-state index contributed by atoms with van der Waals surface area (Å²) in [7, 11) is 0. The number of hydrogen-bond acceptors (Lipinski definition) is 3. The summed E-state index contributed by atoms with van der Waals surface area (Å²) >= 11 is 0. The molecule has 1 unspecified atom stereocenters. The van der Waals surface area contributed by atoms with E-state index in [1.807, 2.05) is 9.47 Å². The molecule has 0 saturated carbocycles. The summed E-state index contributed by atoms with van der Waals surface area (Å²) in [5.74, 6) is 0.234. The van der Waals surface area contributed by atoms with Crippen molar-refractivity contribution in [2.24, 2.45) is 5.92 Å². The van der Waals surface area contributed by atoms with Crippen LogP contribution in [0.1, 0.15) is 68.1 Å². The minimum Gasteiger partial charge on any atom is -0.351 e. The van der Waals surface area contributed by atoms with E-state index in [0.717, 1.165) is 57.3 Å². The first kappa shape index (κ1) is 18.0. The molecule has 0 bridgehead atoms. The zero-order chi connectivity index (χ0) is 17.6. The van der Waals surface area contributed by atoms with Crippen molar-refractivity contribution in [3.05, 3.63) is 17.7 Å². The summed E-state index contributed by atoms with van der Waals surface area (Å²) in [6.45, 7) is 5.34. The van der Waals surface area contributed by atoms with Gasteiger partial charge in [-0.3, -0.25) is 9.59 Å². The number of nitrogens with zero attached hydrogens (tertiary/aromatic N) is 3. The van der Waals surface area contributed by atoms with Crippen molar-refractivity contribution in [3.8, 4) is 0 Å². The van der Waals surface area contributed by atoms with Gasteiger partial charge in [-0.2, -0.15) is 0 Å². The Kier molecular flexibility index (Phi) is 6.10. The molecule has 0 spiro atoms. The van der Waals surface area contributed by atoms with Crippen LogP contribution >= 0.6 is 0 Å². The number of carbonyl (C=O) groups is 2. The average Bonchev–Trinajstić information content (AvgIpc) is 3.30. The molecule has 2 aliphatic heterocycles. The van der Waals surface area contributed by atoms with E-state index in [1.165, 1.54) is 12.8 Å². The van der Waals surface area contributed by atoms with E-state index in [2.05, 4.69) is 17.2 Å². The molecule has 3 heterocycles. The van der Waals surface area contributed by atoms with E-state index in [9.17, 15) is 9.59 Å². The van der Waals surface area contributed by atoms with E-state index in [4.69, 9.17) is 0 Å². The number of fused-ring (bicyclic) bond motifs is 1. The summed E-state index contributed by atoms with van der Waals surface area (Å²) in [4.78, 5) is 31.3. The topological polar surface area (TPSA) is 67.2 Å². The maximum Gasteiger partial charge on any atom is 0.271 e. The molecule has 1 fully saturated rings. The van der Waals surface area contributed by atoms with Crippen LogP contribution in [0.4, 0.5) is 0 Å². The Balaban J connectivity index is 1.55. The second-order valence-electron chi connectivity index (χ2n) is 7.28. The minimum absolute atomic E-state index is 0.0322. The van der Waals surface area contributed by atoms with Gasteiger partial charge in [0, 0.05) is 26.2 Å². The first-order chi connectivity index (χ1) is 12.2. The highest BCUT2D eigenvalue weighted by molar-refractivity contribution is 5.93. The van der Waals surface area contributed by atoms with Gasteiger partial charge in [-0.25, -0.2) is 4.98 Å². The van der Waals surface area contributed by atoms with Gasteiger partial charge in [0.15, 0.2) is 0 Å².